The minimum Gasteiger partial charge on any atom is -0.478 e. The van der Waals surface area contributed by atoms with Crippen molar-refractivity contribution in [2.24, 2.45) is 5.92 Å². The van der Waals surface area contributed by atoms with E-state index in [2.05, 4.69) is 0 Å². The maximum Gasteiger partial charge on any atom is 0.445 e. The van der Waals surface area contributed by atoms with Gasteiger partial charge in [0.25, 0.3) is 0 Å². The Kier molecular flexibility index (Phi) is 4.57. The Hall–Kier alpha value is -1.83. The predicted octanol–water partition coefficient (Wildman–Crippen LogP) is 3.21. The van der Waals surface area contributed by atoms with Crippen molar-refractivity contribution in [3.05, 3.63) is 35.4 Å². The molecule has 0 bridgehead atoms. The summed E-state index contributed by atoms with van der Waals surface area (Å²) in [5.74, 6) is -2.63. The second-order valence-electron chi connectivity index (χ2n) is 5.52. The van der Waals surface area contributed by atoms with Crippen LogP contribution in [0.3, 0.4) is 0 Å². The van der Waals surface area contributed by atoms with Gasteiger partial charge in [-0.25, -0.2) is 4.79 Å². The van der Waals surface area contributed by atoms with Gasteiger partial charge >= 0.3 is 17.1 Å². The Morgan fingerprint density at radius 1 is 1.35 bits per heavy atom. The van der Waals surface area contributed by atoms with E-state index in [0.717, 1.165) is 6.08 Å². The molecule has 0 aliphatic carbocycles. The largest absolute Gasteiger partial charge is 0.478 e. The molecule has 23 heavy (non-hydrogen) atoms. The number of benzene rings is 1. The Morgan fingerprint density at radius 3 is 2.48 bits per heavy atom. The second kappa shape index (κ2) is 5.99. The molecular weight excluding hydrogens is 333 g/mol. The summed E-state index contributed by atoms with van der Waals surface area (Å²) in [7, 11) is -2.62. The van der Waals surface area contributed by atoms with Crippen LogP contribution in [0.25, 0.3) is 6.08 Å². The van der Waals surface area contributed by atoms with Gasteiger partial charge in [-0.3, -0.25) is 4.21 Å². The van der Waals surface area contributed by atoms with E-state index in [-0.39, 0.29) is 23.0 Å². The Balaban J connectivity index is 2.70. The van der Waals surface area contributed by atoms with Gasteiger partial charge in [0.15, 0.2) is 0 Å². The maximum atomic E-state index is 13.8. The Morgan fingerprint density at radius 2 is 1.96 bits per heavy atom. The fraction of sp³-hybridized carbons (Fsp3) is 0.400. The highest BCUT2D eigenvalue weighted by atomic mass is 32.2. The van der Waals surface area contributed by atoms with Gasteiger partial charge in [-0.2, -0.15) is 13.2 Å². The smallest absolute Gasteiger partial charge is 0.445 e. The molecule has 8 heteroatoms. The molecule has 0 saturated carbocycles. The minimum atomic E-state index is -5.15. The molecule has 0 spiro atoms. The number of ether oxygens (including phenoxy) is 1. The van der Waals surface area contributed by atoms with Crippen LogP contribution in [-0.2, 0) is 15.6 Å². The van der Waals surface area contributed by atoms with Gasteiger partial charge in [0.2, 0.25) is 0 Å². The van der Waals surface area contributed by atoms with E-state index < -0.39 is 33.5 Å². The summed E-state index contributed by atoms with van der Waals surface area (Å²) >= 11 is 0. The topological polar surface area (TPSA) is 63.6 Å². The first-order valence-corrected chi connectivity index (χ1v) is 8.10. The van der Waals surface area contributed by atoms with Crippen molar-refractivity contribution in [1.82, 2.24) is 0 Å². The van der Waals surface area contributed by atoms with E-state index in [1.807, 2.05) is 0 Å². The molecule has 1 heterocycles. The summed E-state index contributed by atoms with van der Waals surface area (Å²) in [5.41, 5.74) is -0.867. The van der Waals surface area contributed by atoms with Gasteiger partial charge in [-0.1, -0.05) is 32.0 Å². The molecule has 0 fully saturated rings. The summed E-state index contributed by atoms with van der Waals surface area (Å²) in [4.78, 5) is 8.06. The summed E-state index contributed by atoms with van der Waals surface area (Å²) < 4.78 is 58.8. The lowest BCUT2D eigenvalue weighted by atomic mass is 10.0. The molecule has 126 valence electrons. The van der Waals surface area contributed by atoms with Crippen molar-refractivity contribution < 1.29 is 32.0 Å². The lowest BCUT2D eigenvalue weighted by molar-refractivity contribution is -0.202. The first-order chi connectivity index (χ1) is 10.6. The average Bonchev–Trinajstić information content (AvgIpc) is 2.43. The molecule has 2 rings (SSSR count). The van der Waals surface area contributed by atoms with Gasteiger partial charge in [-0.05, 0) is 18.1 Å². The minimum absolute atomic E-state index is 0.146. The molecule has 1 aromatic rings. The number of hydrogen-bond acceptors (Lipinski definition) is 3. The first-order valence-electron chi connectivity index (χ1n) is 6.78. The number of aliphatic carboxylic acids is 1. The van der Waals surface area contributed by atoms with Gasteiger partial charge in [0, 0.05) is 11.3 Å². The van der Waals surface area contributed by atoms with Gasteiger partial charge in [-0.15, -0.1) is 0 Å². The normalized spacial score (nSPS) is 22.1. The van der Waals surface area contributed by atoms with E-state index in [4.69, 9.17) is 4.74 Å². The number of halogens is 3. The van der Waals surface area contributed by atoms with Crippen molar-refractivity contribution in [2.45, 2.75) is 25.0 Å². The van der Waals surface area contributed by atoms with Crippen molar-refractivity contribution in [3.63, 3.8) is 0 Å². The van der Waals surface area contributed by atoms with Crippen molar-refractivity contribution >= 4 is 22.8 Å². The molecule has 2 unspecified atom stereocenters. The van der Waals surface area contributed by atoms with E-state index in [9.17, 15) is 27.3 Å². The highest BCUT2D eigenvalue weighted by Gasteiger charge is 2.67. The van der Waals surface area contributed by atoms with Crippen LogP contribution < -0.4 is 4.74 Å². The van der Waals surface area contributed by atoms with E-state index in [1.165, 1.54) is 18.2 Å². The van der Waals surface area contributed by atoms with Crippen LogP contribution in [0.5, 0.6) is 5.75 Å². The lowest BCUT2D eigenvalue weighted by Gasteiger charge is -2.38. The van der Waals surface area contributed by atoms with Crippen LogP contribution in [0.15, 0.2) is 29.8 Å². The van der Waals surface area contributed by atoms with Gasteiger partial charge in [0.1, 0.15) is 11.3 Å². The molecule has 1 aliphatic rings. The van der Waals surface area contributed by atoms with Gasteiger partial charge in [0.05, 0.1) is 10.8 Å². The number of fused-ring (bicyclic) bond motifs is 1. The van der Waals surface area contributed by atoms with E-state index in [0.29, 0.717) is 0 Å². The molecule has 0 aromatic heterocycles. The number of carbonyl (C=O) groups is 1. The predicted molar refractivity (Wildman–Crippen MR) is 79.3 cm³/mol. The molecule has 1 aliphatic heterocycles. The highest BCUT2D eigenvalue weighted by Crippen LogP contribution is 2.47. The SMILES string of the molecule is CC(C)CS(=O)C1(C(F)(F)F)Oc2ccccc2C=C1C(=O)O. The second-order valence-corrected chi connectivity index (χ2v) is 7.12. The highest BCUT2D eigenvalue weighted by molar-refractivity contribution is 7.86. The van der Waals surface area contributed by atoms with E-state index in [1.54, 1.807) is 19.9 Å². The van der Waals surface area contributed by atoms with Crippen molar-refractivity contribution in [2.75, 3.05) is 5.75 Å². The summed E-state index contributed by atoms with van der Waals surface area (Å²) in [6.07, 6.45) is -4.27. The van der Waals surface area contributed by atoms with Gasteiger partial charge < -0.3 is 9.84 Å². The lowest BCUT2D eigenvalue weighted by Crippen LogP contribution is -2.58. The third-order valence-corrected chi connectivity index (χ3v) is 5.38. The third-order valence-electron chi connectivity index (χ3n) is 3.24. The molecule has 0 amide bonds. The maximum absolute atomic E-state index is 13.8. The zero-order valence-electron chi connectivity index (χ0n) is 12.4. The first kappa shape index (κ1) is 17.5. The molecular formula is C15H15F3O4S. The van der Waals surface area contributed by atoms with Crippen LogP contribution in [-0.4, -0.2) is 32.1 Å². The van der Waals surface area contributed by atoms with Crippen LogP contribution in [0.2, 0.25) is 0 Å². The number of carboxylic acid groups (broad SMARTS) is 1. The monoisotopic (exact) mass is 348 g/mol. The Labute approximate surface area is 133 Å². The number of alkyl halides is 3. The number of carboxylic acids is 1. The van der Waals surface area contributed by atoms with Crippen molar-refractivity contribution in [1.29, 1.82) is 0 Å². The standard InChI is InChI=1S/C15H15F3O4S/c1-9(2)8-23(21)14(15(16,17)18)11(13(19)20)7-10-5-3-4-6-12(10)22-14/h3-7,9H,8H2,1-2H3,(H,19,20). The number of para-hydroxylation sites is 1. The Bertz CT molecular complexity index is 682. The van der Waals surface area contributed by atoms with Crippen molar-refractivity contribution in [3.8, 4) is 5.75 Å². The molecule has 1 N–H and O–H groups in total. The summed E-state index contributed by atoms with van der Waals surface area (Å²) in [6.45, 7) is 3.20. The van der Waals surface area contributed by atoms with Crippen LogP contribution in [0, 0.1) is 5.92 Å². The zero-order valence-corrected chi connectivity index (χ0v) is 13.2. The third kappa shape index (κ3) is 2.99. The number of rotatable bonds is 4. The average molecular weight is 348 g/mol. The van der Waals surface area contributed by atoms with Crippen LogP contribution in [0.4, 0.5) is 13.2 Å². The zero-order chi connectivity index (χ0) is 17.4. The van der Waals surface area contributed by atoms with E-state index >= 15 is 0 Å². The fourth-order valence-corrected chi connectivity index (χ4v) is 3.96. The quantitative estimate of drug-likeness (QED) is 0.908. The molecule has 0 radical (unpaired) electrons. The van der Waals surface area contributed by atoms with Crippen LogP contribution in [0.1, 0.15) is 19.4 Å². The molecule has 2 atom stereocenters. The molecule has 0 saturated heterocycles. The fourth-order valence-electron chi connectivity index (χ4n) is 2.28. The number of hydrogen-bond donors (Lipinski definition) is 1. The summed E-state index contributed by atoms with van der Waals surface area (Å²) in [6, 6.07) is 5.73. The summed E-state index contributed by atoms with van der Waals surface area (Å²) in [5, 5.41) is 9.26. The molecule has 4 nitrogen and oxygen atoms in total. The molecule has 1 aromatic carbocycles. The van der Waals surface area contributed by atoms with Crippen LogP contribution >= 0.6 is 0 Å².